The van der Waals surface area contributed by atoms with Gasteiger partial charge in [-0.15, -0.1) is 0 Å². The van der Waals surface area contributed by atoms with E-state index in [9.17, 15) is 18.4 Å². The van der Waals surface area contributed by atoms with Gasteiger partial charge in [0.2, 0.25) is 0 Å². The molecule has 0 heterocycles. The van der Waals surface area contributed by atoms with E-state index in [4.69, 9.17) is 10.8 Å². The molecule has 0 saturated carbocycles. The lowest BCUT2D eigenvalue weighted by molar-refractivity contribution is -0.138. The van der Waals surface area contributed by atoms with Crippen LogP contribution >= 0.6 is 0 Å². The average molecular weight is 288 g/mol. The molecule has 0 aromatic heterocycles. The summed E-state index contributed by atoms with van der Waals surface area (Å²) in [5, 5.41) is 11.0. The second kappa shape index (κ2) is 7.39. The molecule has 0 aliphatic heterocycles. The van der Waals surface area contributed by atoms with Crippen LogP contribution in [0.1, 0.15) is 16.8 Å². The highest BCUT2D eigenvalue weighted by atomic mass is 19.3. The zero-order valence-corrected chi connectivity index (χ0v) is 10.4. The first-order valence-electron chi connectivity index (χ1n) is 5.71. The molecular weight excluding hydrogens is 274 g/mol. The summed E-state index contributed by atoms with van der Waals surface area (Å²) < 4.78 is 28.2. The largest absolute Gasteiger partial charge is 0.480 e. The summed E-state index contributed by atoms with van der Waals surface area (Å²) in [4.78, 5) is 22.2. The van der Waals surface area contributed by atoms with Crippen LogP contribution in [0.2, 0.25) is 0 Å². The third kappa shape index (κ3) is 5.19. The van der Waals surface area contributed by atoms with Crippen molar-refractivity contribution in [1.29, 1.82) is 0 Å². The van der Waals surface area contributed by atoms with Gasteiger partial charge in [0.25, 0.3) is 5.91 Å². The van der Waals surface area contributed by atoms with Crippen molar-refractivity contribution < 1.29 is 28.2 Å². The van der Waals surface area contributed by atoms with Crippen molar-refractivity contribution in [2.75, 3.05) is 6.54 Å². The number of carboxylic acid groups (broad SMARTS) is 1. The van der Waals surface area contributed by atoms with Crippen molar-refractivity contribution in [3.63, 3.8) is 0 Å². The number of amides is 1. The molecule has 0 radical (unpaired) electrons. The number of nitrogens with one attached hydrogen (secondary N) is 1. The van der Waals surface area contributed by atoms with Crippen LogP contribution in [0.3, 0.4) is 0 Å². The molecule has 0 unspecified atom stereocenters. The van der Waals surface area contributed by atoms with Crippen LogP contribution < -0.4 is 15.8 Å². The second-order valence-corrected chi connectivity index (χ2v) is 3.90. The van der Waals surface area contributed by atoms with Crippen LogP contribution in [0.4, 0.5) is 8.78 Å². The maximum Gasteiger partial charge on any atom is 0.387 e. The second-order valence-electron chi connectivity index (χ2n) is 3.90. The predicted molar refractivity (Wildman–Crippen MR) is 65.6 cm³/mol. The van der Waals surface area contributed by atoms with E-state index in [0.29, 0.717) is 0 Å². The van der Waals surface area contributed by atoms with Crippen LogP contribution in [-0.4, -0.2) is 36.2 Å². The third-order valence-electron chi connectivity index (χ3n) is 2.38. The zero-order valence-electron chi connectivity index (χ0n) is 10.4. The summed E-state index contributed by atoms with van der Waals surface area (Å²) in [5.74, 6) is -1.82. The van der Waals surface area contributed by atoms with Gasteiger partial charge in [0.1, 0.15) is 11.8 Å². The summed E-state index contributed by atoms with van der Waals surface area (Å²) in [5.41, 5.74) is 5.40. The normalized spacial score (nSPS) is 12.0. The Morgan fingerprint density at radius 1 is 1.40 bits per heavy atom. The van der Waals surface area contributed by atoms with E-state index in [-0.39, 0.29) is 24.3 Å². The van der Waals surface area contributed by atoms with Crippen LogP contribution in [0.15, 0.2) is 24.3 Å². The number of carboxylic acids is 1. The fraction of sp³-hybridized carbons (Fsp3) is 0.333. The summed E-state index contributed by atoms with van der Waals surface area (Å²) in [6, 6.07) is 4.21. The number of hydrogen-bond acceptors (Lipinski definition) is 4. The fourth-order valence-corrected chi connectivity index (χ4v) is 1.38. The summed E-state index contributed by atoms with van der Waals surface area (Å²) in [6.45, 7) is -2.91. The topological polar surface area (TPSA) is 102 Å². The van der Waals surface area contributed by atoms with Crippen molar-refractivity contribution >= 4 is 11.9 Å². The van der Waals surface area contributed by atoms with E-state index >= 15 is 0 Å². The first-order chi connectivity index (χ1) is 9.40. The minimum Gasteiger partial charge on any atom is -0.480 e. The molecule has 110 valence electrons. The van der Waals surface area contributed by atoms with Crippen LogP contribution in [0, 0.1) is 0 Å². The Bertz CT molecular complexity index is 482. The van der Waals surface area contributed by atoms with E-state index in [1.807, 2.05) is 0 Å². The van der Waals surface area contributed by atoms with Crippen molar-refractivity contribution in [3.8, 4) is 5.75 Å². The van der Waals surface area contributed by atoms with Crippen molar-refractivity contribution in [1.82, 2.24) is 5.32 Å². The maximum absolute atomic E-state index is 12.0. The highest BCUT2D eigenvalue weighted by Gasteiger charge is 2.13. The summed E-state index contributed by atoms with van der Waals surface area (Å²) in [7, 11) is 0. The SMILES string of the molecule is N[C@@H](CCNC(=O)c1cccc(OC(F)F)c1)C(=O)O. The number of alkyl halides is 2. The number of rotatable bonds is 7. The third-order valence-corrected chi connectivity index (χ3v) is 2.38. The van der Waals surface area contributed by atoms with Gasteiger partial charge < -0.3 is 20.9 Å². The first kappa shape index (κ1) is 15.8. The Balaban J connectivity index is 2.53. The highest BCUT2D eigenvalue weighted by molar-refractivity contribution is 5.94. The van der Waals surface area contributed by atoms with Crippen LogP contribution in [0.5, 0.6) is 5.75 Å². The number of benzene rings is 1. The molecule has 0 saturated heterocycles. The Morgan fingerprint density at radius 2 is 2.10 bits per heavy atom. The number of halogens is 2. The van der Waals surface area contributed by atoms with Gasteiger partial charge in [-0.2, -0.15) is 8.78 Å². The number of carbonyl (C=O) groups excluding carboxylic acids is 1. The van der Waals surface area contributed by atoms with Gasteiger partial charge in [0.15, 0.2) is 0 Å². The van der Waals surface area contributed by atoms with Gasteiger partial charge in [-0.1, -0.05) is 6.07 Å². The summed E-state index contributed by atoms with van der Waals surface area (Å²) in [6.07, 6.45) is 0.0638. The van der Waals surface area contributed by atoms with E-state index in [1.54, 1.807) is 0 Å². The molecule has 0 fully saturated rings. The van der Waals surface area contributed by atoms with Gasteiger partial charge in [-0.3, -0.25) is 9.59 Å². The van der Waals surface area contributed by atoms with Gasteiger partial charge in [0.05, 0.1) is 0 Å². The van der Waals surface area contributed by atoms with Gasteiger partial charge in [-0.05, 0) is 24.6 Å². The number of ether oxygens (including phenoxy) is 1. The number of nitrogens with two attached hydrogens (primary N) is 1. The Labute approximate surface area is 113 Å². The molecule has 0 spiro atoms. The lowest BCUT2D eigenvalue weighted by atomic mass is 10.2. The fourth-order valence-electron chi connectivity index (χ4n) is 1.38. The van der Waals surface area contributed by atoms with E-state index < -0.39 is 24.5 Å². The Morgan fingerprint density at radius 3 is 2.70 bits per heavy atom. The van der Waals surface area contributed by atoms with Crippen LogP contribution in [-0.2, 0) is 4.79 Å². The lowest BCUT2D eigenvalue weighted by Crippen LogP contribution is -2.35. The molecule has 4 N–H and O–H groups in total. The van der Waals surface area contributed by atoms with E-state index in [2.05, 4.69) is 10.1 Å². The van der Waals surface area contributed by atoms with Gasteiger partial charge in [-0.25, -0.2) is 0 Å². The molecule has 20 heavy (non-hydrogen) atoms. The molecule has 8 heteroatoms. The Kier molecular flexibility index (Phi) is 5.85. The number of aliphatic carboxylic acids is 1. The van der Waals surface area contributed by atoms with Crippen molar-refractivity contribution in [2.45, 2.75) is 19.1 Å². The molecule has 0 aliphatic rings. The minimum atomic E-state index is -2.97. The molecule has 6 nitrogen and oxygen atoms in total. The first-order valence-corrected chi connectivity index (χ1v) is 5.71. The quantitative estimate of drug-likeness (QED) is 0.689. The highest BCUT2D eigenvalue weighted by Crippen LogP contribution is 2.15. The van der Waals surface area contributed by atoms with E-state index in [0.717, 1.165) is 0 Å². The predicted octanol–water partition coefficient (Wildman–Crippen LogP) is 0.820. The lowest BCUT2D eigenvalue weighted by Gasteiger charge is -2.09. The molecule has 0 bridgehead atoms. The van der Waals surface area contributed by atoms with Crippen molar-refractivity contribution in [2.24, 2.45) is 5.73 Å². The molecule has 1 aromatic carbocycles. The molecule has 1 aromatic rings. The smallest absolute Gasteiger partial charge is 0.387 e. The van der Waals surface area contributed by atoms with Gasteiger partial charge in [0, 0.05) is 12.1 Å². The van der Waals surface area contributed by atoms with Gasteiger partial charge >= 0.3 is 12.6 Å². The number of hydrogen-bond donors (Lipinski definition) is 3. The molecule has 1 rings (SSSR count). The maximum atomic E-state index is 12.0. The number of carbonyl (C=O) groups is 2. The van der Waals surface area contributed by atoms with Crippen molar-refractivity contribution in [3.05, 3.63) is 29.8 Å². The molecular formula is C12H14F2N2O4. The van der Waals surface area contributed by atoms with E-state index in [1.165, 1.54) is 24.3 Å². The standard InChI is InChI=1S/C12H14F2N2O4/c13-12(14)20-8-3-1-2-7(6-8)10(17)16-5-4-9(15)11(18)19/h1-3,6,9,12H,4-5,15H2,(H,16,17)(H,18,19)/t9-/m0/s1. The minimum absolute atomic E-state index is 0.0617. The Hall–Kier alpha value is -2.22. The van der Waals surface area contributed by atoms with Crippen LogP contribution in [0.25, 0.3) is 0 Å². The zero-order chi connectivity index (χ0) is 15.1. The summed E-state index contributed by atoms with van der Waals surface area (Å²) >= 11 is 0. The average Bonchev–Trinajstić information content (AvgIpc) is 2.37. The molecule has 0 aliphatic carbocycles. The molecule has 1 amide bonds. The molecule has 1 atom stereocenters. The monoisotopic (exact) mass is 288 g/mol.